The van der Waals surface area contributed by atoms with E-state index >= 15 is 0 Å². The minimum atomic E-state index is 0.435. The first kappa shape index (κ1) is 11.2. The van der Waals surface area contributed by atoms with E-state index in [9.17, 15) is 0 Å². The van der Waals surface area contributed by atoms with Crippen molar-refractivity contribution in [3.05, 3.63) is 21.8 Å². The number of anilines is 1. The highest BCUT2D eigenvalue weighted by Gasteiger charge is 2.21. The highest BCUT2D eigenvalue weighted by molar-refractivity contribution is 9.10. The zero-order chi connectivity index (χ0) is 10.8. The van der Waals surface area contributed by atoms with Crippen LogP contribution in [-0.2, 0) is 0 Å². The lowest BCUT2D eigenvalue weighted by molar-refractivity contribution is 0.497. The fraction of sp³-hybridized carbons (Fsp3) is 0.500. The largest absolute Gasteiger partial charge is 0.350 e. The Hall–Kier alpha value is -0.320. The number of hydrogen-bond donors (Lipinski definition) is 1. The van der Waals surface area contributed by atoms with Crippen LogP contribution in [0.3, 0.4) is 0 Å². The molecule has 1 atom stereocenters. The maximum absolute atomic E-state index is 6.17. The van der Waals surface area contributed by atoms with Crippen LogP contribution in [0.4, 0.5) is 5.82 Å². The summed E-state index contributed by atoms with van der Waals surface area (Å²) in [5.41, 5.74) is 0. The number of pyridine rings is 1. The molecular formula is C10H13BrClN3. The zero-order valence-corrected chi connectivity index (χ0v) is 10.8. The quantitative estimate of drug-likeness (QED) is 0.860. The van der Waals surface area contributed by atoms with Crippen molar-refractivity contribution in [1.82, 2.24) is 10.3 Å². The Morgan fingerprint density at radius 2 is 2.47 bits per heavy atom. The van der Waals surface area contributed by atoms with Gasteiger partial charge in [-0.05, 0) is 28.9 Å². The third-order valence-corrected chi connectivity index (χ3v) is 3.27. The third kappa shape index (κ3) is 2.44. The molecular weight excluding hydrogens is 277 g/mol. The molecule has 0 radical (unpaired) electrons. The van der Waals surface area contributed by atoms with Crippen LogP contribution >= 0.6 is 27.5 Å². The molecule has 3 nitrogen and oxygen atoms in total. The van der Waals surface area contributed by atoms with Crippen LogP contribution in [0.1, 0.15) is 6.92 Å². The molecule has 1 fully saturated rings. The maximum Gasteiger partial charge on any atom is 0.147 e. The van der Waals surface area contributed by atoms with Gasteiger partial charge in [-0.25, -0.2) is 4.98 Å². The van der Waals surface area contributed by atoms with Crippen molar-refractivity contribution < 1.29 is 0 Å². The molecule has 82 valence electrons. The SMILES string of the molecule is CC1CNCCN1c1ncc(Br)cc1Cl. The van der Waals surface area contributed by atoms with Gasteiger partial charge in [0.2, 0.25) is 0 Å². The van der Waals surface area contributed by atoms with Gasteiger partial charge in [0.15, 0.2) is 0 Å². The van der Waals surface area contributed by atoms with Crippen molar-refractivity contribution in [2.75, 3.05) is 24.5 Å². The second kappa shape index (κ2) is 4.68. The molecule has 0 aromatic carbocycles. The summed E-state index contributed by atoms with van der Waals surface area (Å²) in [4.78, 5) is 6.61. The molecule has 1 N–H and O–H groups in total. The van der Waals surface area contributed by atoms with Gasteiger partial charge in [0.05, 0.1) is 5.02 Å². The molecule has 0 bridgehead atoms. The van der Waals surface area contributed by atoms with Crippen LogP contribution in [-0.4, -0.2) is 30.7 Å². The monoisotopic (exact) mass is 289 g/mol. The smallest absolute Gasteiger partial charge is 0.147 e. The zero-order valence-electron chi connectivity index (χ0n) is 8.50. The standard InChI is InChI=1S/C10H13BrClN3/c1-7-5-13-2-3-15(7)10-9(12)4-8(11)6-14-10/h4,6-7,13H,2-3,5H2,1H3. The molecule has 1 aliphatic heterocycles. The summed E-state index contributed by atoms with van der Waals surface area (Å²) in [6.07, 6.45) is 1.79. The van der Waals surface area contributed by atoms with Gasteiger partial charge in [-0.1, -0.05) is 11.6 Å². The number of halogens is 2. The average Bonchev–Trinajstić information content (AvgIpc) is 2.20. The van der Waals surface area contributed by atoms with Crippen LogP contribution in [0, 0.1) is 0 Å². The normalized spacial score (nSPS) is 21.8. The van der Waals surface area contributed by atoms with E-state index < -0.39 is 0 Å². The molecule has 5 heteroatoms. The first-order valence-corrected chi connectivity index (χ1v) is 6.14. The Morgan fingerprint density at radius 3 is 3.13 bits per heavy atom. The van der Waals surface area contributed by atoms with E-state index in [-0.39, 0.29) is 0 Å². The van der Waals surface area contributed by atoms with Crippen molar-refractivity contribution in [3.8, 4) is 0 Å². The van der Waals surface area contributed by atoms with Crippen molar-refractivity contribution >= 4 is 33.3 Å². The molecule has 15 heavy (non-hydrogen) atoms. The molecule has 1 aromatic rings. The summed E-state index contributed by atoms with van der Waals surface area (Å²) in [5, 5.41) is 4.05. The average molecular weight is 291 g/mol. The number of hydrogen-bond acceptors (Lipinski definition) is 3. The molecule has 1 saturated heterocycles. The van der Waals surface area contributed by atoms with Crippen molar-refractivity contribution in [2.24, 2.45) is 0 Å². The topological polar surface area (TPSA) is 28.2 Å². The summed E-state index contributed by atoms with van der Waals surface area (Å²) in [6, 6.07) is 2.32. The lowest BCUT2D eigenvalue weighted by Gasteiger charge is -2.35. The predicted octanol–water partition coefficient (Wildman–Crippen LogP) is 2.30. The highest BCUT2D eigenvalue weighted by Crippen LogP contribution is 2.27. The summed E-state index contributed by atoms with van der Waals surface area (Å²) in [6.45, 7) is 5.09. The first-order chi connectivity index (χ1) is 7.18. The Morgan fingerprint density at radius 1 is 1.67 bits per heavy atom. The fourth-order valence-electron chi connectivity index (χ4n) is 1.77. The van der Waals surface area contributed by atoms with Gasteiger partial charge < -0.3 is 10.2 Å². The van der Waals surface area contributed by atoms with Crippen molar-refractivity contribution in [1.29, 1.82) is 0 Å². The van der Waals surface area contributed by atoms with Gasteiger partial charge in [-0.3, -0.25) is 0 Å². The number of nitrogens with zero attached hydrogens (tertiary/aromatic N) is 2. The molecule has 2 heterocycles. The minimum absolute atomic E-state index is 0.435. The predicted molar refractivity (Wildman–Crippen MR) is 66.6 cm³/mol. The summed E-state index contributed by atoms with van der Waals surface area (Å²) in [5.74, 6) is 0.883. The molecule has 1 aliphatic rings. The second-order valence-corrected chi connectivity index (χ2v) is 5.03. The van der Waals surface area contributed by atoms with E-state index in [1.807, 2.05) is 6.07 Å². The molecule has 2 rings (SSSR count). The van der Waals surface area contributed by atoms with Gasteiger partial charge in [0.25, 0.3) is 0 Å². The van der Waals surface area contributed by atoms with Gasteiger partial charge in [0.1, 0.15) is 5.82 Å². The van der Waals surface area contributed by atoms with Crippen LogP contribution < -0.4 is 10.2 Å². The fourth-order valence-corrected chi connectivity index (χ4v) is 2.51. The third-order valence-electron chi connectivity index (χ3n) is 2.56. The molecule has 0 spiro atoms. The van der Waals surface area contributed by atoms with Gasteiger partial charge in [-0.15, -0.1) is 0 Å². The van der Waals surface area contributed by atoms with E-state index in [2.05, 4.69) is 38.1 Å². The number of nitrogens with one attached hydrogen (secondary N) is 1. The maximum atomic E-state index is 6.17. The Balaban J connectivity index is 2.27. The Labute approximate surface area is 103 Å². The Bertz CT molecular complexity index is 359. The number of piperazine rings is 1. The lowest BCUT2D eigenvalue weighted by Crippen LogP contribution is -2.50. The van der Waals surface area contributed by atoms with Crippen molar-refractivity contribution in [2.45, 2.75) is 13.0 Å². The van der Waals surface area contributed by atoms with E-state index in [4.69, 9.17) is 11.6 Å². The first-order valence-electron chi connectivity index (χ1n) is 4.97. The van der Waals surface area contributed by atoms with Gasteiger partial charge in [-0.2, -0.15) is 0 Å². The van der Waals surface area contributed by atoms with Gasteiger partial charge >= 0.3 is 0 Å². The molecule has 0 amide bonds. The second-order valence-electron chi connectivity index (χ2n) is 3.71. The molecule has 0 saturated carbocycles. The number of aromatic nitrogens is 1. The molecule has 0 aliphatic carbocycles. The van der Waals surface area contributed by atoms with Crippen molar-refractivity contribution in [3.63, 3.8) is 0 Å². The minimum Gasteiger partial charge on any atom is -0.350 e. The van der Waals surface area contributed by atoms with Crippen LogP contribution in [0.5, 0.6) is 0 Å². The molecule has 1 aromatic heterocycles. The molecule has 1 unspecified atom stereocenters. The van der Waals surface area contributed by atoms with E-state index in [0.717, 1.165) is 29.9 Å². The number of rotatable bonds is 1. The van der Waals surface area contributed by atoms with E-state index in [1.165, 1.54) is 0 Å². The summed E-state index contributed by atoms with van der Waals surface area (Å²) >= 11 is 9.53. The van der Waals surface area contributed by atoms with Crippen LogP contribution in [0.25, 0.3) is 0 Å². The van der Waals surface area contributed by atoms with E-state index in [1.54, 1.807) is 6.20 Å². The van der Waals surface area contributed by atoms with Crippen LogP contribution in [0.2, 0.25) is 5.02 Å². The summed E-state index contributed by atoms with van der Waals surface area (Å²) < 4.78 is 0.916. The lowest BCUT2D eigenvalue weighted by atomic mass is 10.2. The van der Waals surface area contributed by atoms with E-state index in [0.29, 0.717) is 11.1 Å². The highest BCUT2D eigenvalue weighted by atomic mass is 79.9. The van der Waals surface area contributed by atoms with Gasteiger partial charge in [0, 0.05) is 36.3 Å². The van der Waals surface area contributed by atoms with Crippen LogP contribution in [0.15, 0.2) is 16.7 Å². The summed E-state index contributed by atoms with van der Waals surface area (Å²) in [7, 11) is 0. The Kier molecular flexibility index (Phi) is 3.49.